The molecular formula is C9H9N3O2. The average Bonchev–Trinajstić information content (AvgIpc) is 2.18. The van der Waals surface area contributed by atoms with Crippen molar-refractivity contribution in [3.63, 3.8) is 0 Å². The molecule has 72 valence electrons. The van der Waals surface area contributed by atoms with Crippen LogP contribution in [0.3, 0.4) is 0 Å². The van der Waals surface area contributed by atoms with Crippen molar-refractivity contribution in [2.24, 2.45) is 0 Å². The van der Waals surface area contributed by atoms with Gasteiger partial charge in [-0.05, 0) is 13.0 Å². The molecule has 0 aromatic carbocycles. The van der Waals surface area contributed by atoms with Crippen LogP contribution in [0.15, 0.2) is 29.3 Å². The van der Waals surface area contributed by atoms with Gasteiger partial charge in [-0.25, -0.2) is 4.98 Å². The van der Waals surface area contributed by atoms with Crippen LogP contribution in [-0.2, 0) is 0 Å². The zero-order valence-corrected chi connectivity index (χ0v) is 7.67. The molecule has 2 heterocycles. The Bertz CT molecular complexity index is 507. The van der Waals surface area contributed by atoms with Crippen LogP contribution in [0, 0.1) is 0 Å². The van der Waals surface area contributed by atoms with Crippen LogP contribution < -0.4 is 10.3 Å². The van der Waals surface area contributed by atoms with Gasteiger partial charge in [0.2, 0.25) is 11.7 Å². The van der Waals surface area contributed by atoms with Crippen molar-refractivity contribution >= 4 is 5.78 Å². The normalized spacial score (nSPS) is 10.4. The molecule has 0 aliphatic carbocycles. The van der Waals surface area contributed by atoms with E-state index in [2.05, 4.69) is 9.97 Å². The van der Waals surface area contributed by atoms with Crippen LogP contribution in [0.25, 0.3) is 5.78 Å². The SMILES string of the molecule is CCOc1cc(=O)n2cccnc2n1. The molecule has 2 aromatic rings. The first-order chi connectivity index (χ1) is 6.81. The highest BCUT2D eigenvalue weighted by molar-refractivity contribution is 5.30. The fourth-order valence-electron chi connectivity index (χ4n) is 1.15. The molecule has 0 N–H and O–H groups in total. The zero-order chi connectivity index (χ0) is 9.97. The van der Waals surface area contributed by atoms with Crippen LogP contribution >= 0.6 is 0 Å². The molecule has 0 amide bonds. The minimum atomic E-state index is -0.188. The fourth-order valence-corrected chi connectivity index (χ4v) is 1.15. The van der Waals surface area contributed by atoms with Crippen LogP contribution in [0.1, 0.15) is 6.92 Å². The van der Waals surface area contributed by atoms with Gasteiger partial charge >= 0.3 is 0 Å². The zero-order valence-electron chi connectivity index (χ0n) is 7.67. The Balaban J connectivity index is 2.66. The predicted molar refractivity (Wildman–Crippen MR) is 50.4 cm³/mol. The molecule has 2 aromatic heterocycles. The third kappa shape index (κ3) is 1.44. The Morgan fingerprint density at radius 1 is 1.57 bits per heavy atom. The third-order valence-electron chi connectivity index (χ3n) is 1.71. The molecule has 0 radical (unpaired) electrons. The smallest absolute Gasteiger partial charge is 0.262 e. The largest absolute Gasteiger partial charge is 0.478 e. The third-order valence-corrected chi connectivity index (χ3v) is 1.71. The van der Waals surface area contributed by atoms with E-state index in [4.69, 9.17) is 4.74 Å². The maximum atomic E-state index is 11.5. The van der Waals surface area contributed by atoms with Gasteiger partial charge in [-0.3, -0.25) is 9.20 Å². The van der Waals surface area contributed by atoms with Crippen LogP contribution in [0.4, 0.5) is 0 Å². The highest BCUT2D eigenvalue weighted by Crippen LogP contribution is 2.02. The minimum Gasteiger partial charge on any atom is -0.478 e. The lowest BCUT2D eigenvalue weighted by Gasteiger charge is -2.02. The van der Waals surface area contributed by atoms with Crippen molar-refractivity contribution in [1.82, 2.24) is 14.4 Å². The molecule has 5 heteroatoms. The van der Waals surface area contributed by atoms with E-state index in [0.717, 1.165) is 0 Å². The second-order valence-electron chi connectivity index (χ2n) is 2.66. The molecule has 0 saturated carbocycles. The lowest BCUT2D eigenvalue weighted by Crippen LogP contribution is -2.15. The maximum Gasteiger partial charge on any atom is 0.262 e. The van der Waals surface area contributed by atoms with Gasteiger partial charge in [0.1, 0.15) is 0 Å². The van der Waals surface area contributed by atoms with E-state index in [-0.39, 0.29) is 5.56 Å². The summed E-state index contributed by atoms with van der Waals surface area (Å²) in [6.07, 6.45) is 3.20. The number of hydrogen-bond donors (Lipinski definition) is 0. The molecule has 0 bridgehead atoms. The monoisotopic (exact) mass is 191 g/mol. The number of nitrogens with zero attached hydrogens (tertiary/aromatic N) is 3. The van der Waals surface area contributed by atoms with Crippen molar-refractivity contribution in [1.29, 1.82) is 0 Å². The molecule has 0 saturated heterocycles. The van der Waals surface area contributed by atoms with Crippen molar-refractivity contribution in [3.8, 4) is 5.88 Å². The molecule has 5 nitrogen and oxygen atoms in total. The Morgan fingerprint density at radius 2 is 2.43 bits per heavy atom. The van der Waals surface area contributed by atoms with Crippen molar-refractivity contribution in [3.05, 3.63) is 34.9 Å². The fraction of sp³-hybridized carbons (Fsp3) is 0.222. The quantitative estimate of drug-likeness (QED) is 0.693. The van der Waals surface area contributed by atoms with Crippen LogP contribution in [0.2, 0.25) is 0 Å². The summed E-state index contributed by atoms with van der Waals surface area (Å²) in [4.78, 5) is 19.5. The standard InChI is InChI=1S/C9H9N3O2/c1-2-14-7-6-8(13)12-5-3-4-10-9(12)11-7/h3-6H,2H2,1H3. The summed E-state index contributed by atoms with van der Waals surface area (Å²) < 4.78 is 6.49. The van der Waals surface area contributed by atoms with Gasteiger partial charge in [-0.2, -0.15) is 4.98 Å². The Labute approximate surface area is 80.0 Å². The van der Waals surface area contributed by atoms with Crippen LogP contribution in [-0.4, -0.2) is 21.0 Å². The second kappa shape index (κ2) is 3.45. The minimum absolute atomic E-state index is 0.188. The van der Waals surface area contributed by atoms with E-state index in [9.17, 15) is 4.79 Å². The van der Waals surface area contributed by atoms with E-state index >= 15 is 0 Å². The topological polar surface area (TPSA) is 56.5 Å². The molecule has 0 aliphatic heterocycles. The summed E-state index contributed by atoms with van der Waals surface area (Å²) in [6.45, 7) is 2.32. The molecule has 0 fully saturated rings. The number of fused-ring (bicyclic) bond motifs is 1. The summed E-state index contributed by atoms with van der Waals surface area (Å²) in [7, 11) is 0. The van der Waals surface area contributed by atoms with Gasteiger partial charge < -0.3 is 4.74 Å². The second-order valence-corrected chi connectivity index (χ2v) is 2.66. The summed E-state index contributed by atoms with van der Waals surface area (Å²) >= 11 is 0. The lowest BCUT2D eigenvalue weighted by atomic mass is 10.5. The van der Waals surface area contributed by atoms with E-state index in [1.54, 1.807) is 18.5 Å². The molecule has 0 aliphatic rings. The van der Waals surface area contributed by atoms with Gasteiger partial charge in [0.15, 0.2) is 0 Å². The van der Waals surface area contributed by atoms with Gasteiger partial charge in [-0.1, -0.05) is 0 Å². The lowest BCUT2D eigenvalue weighted by molar-refractivity contribution is 0.326. The predicted octanol–water partition coefficient (Wildman–Crippen LogP) is 0.488. The van der Waals surface area contributed by atoms with E-state index < -0.39 is 0 Å². The Hall–Kier alpha value is -1.91. The summed E-state index contributed by atoms with van der Waals surface area (Å²) in [5, 5.41) is 0. The van der Waals surface area contributed by atoms with Gasteiger partial charge in [0, 0.05) is 12.4 Å². The van der Waals surface area contributed by atoms with E-state index in [1.807, 2.05) is 6.92 Å². The van der Waals surface area contributed by atoms with Crippen LogP contribution in [0.5, 0.6) is 5.88 Å². The number of rotatable bonds is 2. The highest BCUT2D eigenvalue weighted by atomic mass is 16.5. The maximum absolute atomic E-state index is 11.5. The summed E-state index contributed by atoms with van der Waals surface area (Å²) in [5.41, 5.74) is -0.188. The summed E-state index contributed by atoms with van der Waals surface area (Å²) in [5.74, 6) is 0.666. The Morgan fingerprint density at radius 3 is 3.21 bits per heavy atom. The molecule has 0 spiro atoms. The first-order valence-corrected chi connectivity index (χ1v) is 4.28. The average molecular weight is 191 g/mol. The van der Waals surface area contributed by atoms with E-state index in [0.29, 0.717) is 18.3 Å². The molecular weight excluding hydrogens is 182 g/mol. The van der Waals surface area contributed by atoms with Crippen molar-refractivity contribution in [2.45, 2.75) is 6.92 Å². The van der Waals surface area contributed by atoms with E-state index in [1.165, 1.54) is 10.5 Å². The molecule has 0 unspecified atom stereocenters. The number of ether oxygens (including phenoxy) is 1. The van der Waals surface area contributed by atoms with Crippen molar-refractivity contribution < 1.29 is 4.74 Å². The number of aromatic nitrogens is 3. The van der Waals surface area contributed by atoms with Crippen molar-refractivity contribution in [2.75, 3.05) is 6.61 Å². The summed E-state index contributed by atoms with van der Waals surface area (Å²) in [6, 6.07) is 3.02. The highest BCUT2D eigenvalue weighted by Gasteiger charge is 2.01. The molecule has 0 atom stereocenters. The molecule has 14 heavy (non-hydrogen) atoms. The first kappa shape index (κ1) is 8.68. The first-order valence-electron chi connectivity index (χ1n) is 4.28. The Kier molecular flexibility index (Phi) is 2.14. The molecule has 2 rings (SSSR count). The van der Waals surface area contributed by atoms with Gasteiger partial charge in [-0.15, -0.1) is 0 Å². The van der Waals surface area contributed by atoms with Gasteiger partial charge in [0.05, 0.1) is 12.7 Å². The number of hydrogen-bond acceptors (Lipinski definition) is 4. The van der Waals surface area contributed by atoms with Gasteiger partial charge in [0.25, 0.3) is 5.56 Å².